The molecule has 2 aromatic carbocycles. The summed E-state index contributed by atoms with van der Waals surface area (Å²) in [6.45, 7) is 6.41. The third-order valence-electron chi connectivity index (χ3n) is 3.80. The maximum Gasteiger partial charge on any atom is 0.255 e. The molecule has 0 radical (unpaired) electrons. The molecule has 5 nitrogen and oxygen atoms in total. The third kappa shape index (κ3) is 4.90. The molecule has 2 aromatic rings. The number of rotatable bonds is 7. The second-order valence-corrected chi connectivity index (χ2v) is 7.89. The van der Waals surface area contributed by atoms with Gasteiger partial charge in [0.2, 0.25) is 10.0 Å². The Morgan fingerprint density at radius 3 is 2.28 bits per heavy atom. The molecule has 0 saturated carbocycles. The van der Waals surface area contributed by atoms with Crippen LogP contribution in [0.3, 0.4) is 0 Å². The predicted octanol–water partition coefficient (Wildman–Crippen LogP) is 3.75. The van der Waals surface area contributed by atoms with Gasteiger partial charge in [0, 0.05) is 17.8 Å². The Hall–Kier alpha value is -2.18. The molecule has 0 aromatic heterocycles. The van der Waals surface area contributed by atoms with E-state index in [0.717, 1.165) is 17.7 Å². The number of nitrogens with one attached hydrogen (secondary N) is 2. The first-order valence-electron chi connectivity index (χ1n) is 8.35. The number of anilines is 1. The molecule has 0 fully saturated rings. The molecule has 0 aliphatic rings. The largest absolute Gasteiger partial charge is 0.322 e. The van der Waals surface area contributed by atoms with Crippen molar-refractivity contribution in [2.75, 3.05) is 11.9 Å². The van der Waals surface area contributed by atoms with Gasteiger partial charge in [-0.1, -0.05) is 39.0 Å². The van der Waals surface area contributed by atoms with E-state index in [4.69, 9.17) is 0 Å². The van der Waals surface area contributed by atoms with E-state index >= 15 is 0 Å². The number of carbonyl (C=O) groups excluding carboxylic acids is 1. The zero-order valence-corrected chi connectivity index (χ0v) is 15.6. The summed E-state index contributed by atoms with van der Waals surface area (Å²) in [6.07, 6.45) is 0.717. The SMILES string of the molecule is CCCNS(=O)(=O)c1ccc(C(=O)Nc2ccccc2C(C)C)cc1. The monoisotopic (exact) mass is 360 g/mol. The summed E-state index contributed by atoms with van der Waals surface area (Å²) in [4.78, 5) is 12.6. The van der Waals surface area contributed by atoms with Crippen molar-refractivity contribution in [2.45, 2.75) is 38.0 Å². The lowest BCUT2D eigenvalue weighted by atomic mass is 10.0. The molecule has 0 atom stereocenters. The Balaban J connectivity index is 2.16. The molecule has 0 heterocycles. The van der Waals surface area contributed by atoms with Crippen molar-refractivity contribution in [2.24, 2.45) is 0 Å². The minimum absolute atomic E-state index is 0.153. The van der Waals surface area contributed by atoms with E-state index in [2.05, 4.69) is 23.9 Å². The fourth-order valence-corrected chi connectivity index (χ4v) is 3.55. The van der Waals surface area contributed by atoms with Crippen LogP contribution in [-0.2, 0) is 10.0 Å². The smallest absolute Gasteiger partial charge is 0.255 e. The highest BCUT2D eigenvalue weighted by Crippen LogP contribution is 2.24. The topological polar surface area (TPSA) is 75.3 Å². The van der Waals surface area contributed by atoms with Crippen LogP contribution in [0, 0.1) is 0 Å². The van der Waals surface area contributed by atoms with Gasteiger partial charge in [0.1, 0.15) is 0 Å². The van der Waals surface area contributed by atoms with Crippen LogP contribution in [0.1, 0.15) is 49.0 Å². The van der Waals surface area contributed by atoms with Crippen LogP contribution in [-0.4, -0.2) is 20.9 Å². The van der Waals surface area contributed by atoms with Gasteiger partial charge < -0.3 is 5.32 Å². The Kier molecular flexibility index (Phi) is 6.33. The Morgan fingerprint density at radius 2 is 1.68 bits per heavy atom. The fraction of sp³-hybridized carbons (Fsp3) is 0.316. The van der Waals surface area contributed by atoms with Gasteiger partial charge in [0.25, 0.3) is 5.91 Å². The van der Waals surface area contributed by atoms with E-state index in [0.29, 0.717) is 12.1 Å². The van der Waals surface area contributed by atoms with Gasteiger partial charge in [-0.3, -0.25) is 4.79 Å². The van der Waals surface area contributed by atoms with Gasteiger partial charge in [0.15, 0.2) is 0 Å². The number of amides is 1. The molecule has 6 heteroatoms. The van der Waals surface area contributed by atoms with Crippen molar-refractivity contribution >= 4 is 21.6 Å². The van der Waals surface area contributed by atoms with Crippen molar-refractivity contribution in [3.05, 3.63) is 59.7 Å². The highest BCUT2D eigenvalue weighted by atomic mass is 32.2. The lowest BCUT2D eigenvalue weighted by molar-refractivity contribution is 0.102. The molecule has 0 saturated heterocycles. The first kappa shape index (κ1) is 19.1. The number of benzene rings is 2. The zero-order chi connectivity index (χ0) is 18.4. The molecular weight excluding hydrogens is 336 g/mol. The van der Waals surface area contributed by atoms with Crippen molar-refractivity contribution < 1.29 is 13.2 Å². The van der Waals surface area contributed by atoms with Gasteiger partial charge in [-0.05, 0) is 48.2 Å². The van der Waals surface area contributed by atoms with Crippen LogP contribution in [0.25, 0.3) is 0 Å². The first-order valence-corrected chi connectivity index (χ1v) is 9.83. The summed E-state index contributed by atoms with van der Waals surface area (Å²) in [6, 6.07) is 13.6. The summed E-state index contributed by atoms with van der Waals surface area (Å²) in [5.41, 5.74) is 2.23. The van der Waals surface area contributed by atoms with Crippen LogP contribution >= 0.6 is 0 Å². The zero-order valence-electron chi connectivity index (χ0n) is 14.7. The van der Waals surface area contributed by atoms with Crippen LogP contribution in [0.4, 0.5) is 5.69 Å². The predicted molar refractivity (Wildman–Crippen MR) is 100 cm³/mol. The molecule has 0 aliphatic heterocycles. The average Bonchev–Trinajstić information content (AvgIpc) is 2.60. The minimum Gasteiger partial charge on any atom is -0.322 e. The molecule has 25 heavy (non-hydrogen) atoms. The highest BCUT2D eigenvalue weighted by molar-refractivity contribution is 7.89. The van der Waals surface area contributed by atoms with Crippen molar-refractivity contribution in [3.8, 4) is 0 Å². The van der Waals surface area contributed by atoms with E-state index in [1.165, 1.54) is 24.3 Å². The third-order valence-corrected chi connectivity index (χ3v) is 5.28. The molecular formula is C19H24N2O3S. The van der Waals surface area contributed by atoms with Gasteiger partial charge in [-0.25, -0.2) is 13.1 Å². The summed E-state index contributed by atoms with van der Waals surface area (Å²) in [5, 5.41) is 2.90. The van der Waals surface area contributed by atoms with Crippen LogP contribution < -0.4 is 10.0 Å². The van der Waals surface area contributed by atoms with Crippen LogP contribution in [0.2, 0.25) is 0 Å². The number of carbonyl (C=O) groups is 1. The maximum atomic E-state index is 12.4. The van der Waals surface area contributed by atoms with Crippen LogP contribution in [0.5, 0.6) is 0 Å². The Labute approximate surface area is 149 Å². The summed E-state index contributed by atoms with van der Waals surface area (Å²) in [7, 11) is -3.52. The second kappa shape index (κ2) is 8.27. The lowest BCUT2D eigenvalue weighted by Gasteiger charge is -2.13. The van der Waals surface area contributed by atoms with E-state index in [1.54, 1.807) is 0 Å². The summed E-state index contributed by atoms with van der Waals surface area (Å²) >= 11 is 0. The fourth-order valence-electron chi connectivity index (χ4n) is 2.41. The van der Waals surface area contributed by atoms with Crippen molar-refractivity contribution in [1.29, 1.82) is 0 Å². The van der Waals surface area contributed by atoms with Crippen molar-refractivity contribution in [3.63, 3.8) is 0 Å². The molecule has 1 amide bonds. The quantitative estimate of drug-likeness (QED) is 0.789. The highest BCUT2D eigenvalue weighted by Gasteiger charge is 2.15. The molecule has 2 N–H and O–H groups in total. The number of para-hydroxylation sites is 1. The summed E-state index contributed by atoms with van der Waals surface area (Å²) in [5.74, 6) is 0.0206. The molecule has 0 spiro atoms. The minimum atomic E-state index is -3.52. The standard InChI is InChI=1S/C19H24N2O3S/c1-4-13-20-25(23,24)16-11-9-15(10-12-16)19(22)21-18-8-6-5-7-17(18)14(2)3/h5-12,14,20H,4,13H2,1-3H3,(H,21,22). The van der Waals surface area contributed by atoms with E-state index in [-0.39, 0.29) is 16.7 Å². The van der Waals surface area contributed by atoms with Gasteiger partial charge in [0.05, 0.1) is 4.90 Å². The normalized spacial score (nSPS) is 11.5. The van der Waals surface area contributed by atoms with Crippen molar-refractivity contribution in [1.82, 2.24) is 4.72 Å². The van der Waals surface area contributed by atoms with Crippen LogP contribution in [0.15, 0.2) is 53.4 Å². The van der Waals surface area contributed by atoms with Gasteiger partial charge in [-0.2, -0.15) is 0 Å². The molecule has 0 unspecified atom stereocenters. The lowest BCUT2D eigenvalue weighted by Crippen LogP contribution is -2.24. The molecule has 134 valence electrons. The first-order chi connectivity index (χ1) is 11.8. The van der Waals surface area contributed by atoms with E-state index in [1.807, 2.05) is 31.2 Å². The average molecular weight is 360 g/mol. The number of sulfonamides is 1. The molecule has 0 aliphatic carbocycles. The van der Waals surface area contributed by atoms with E-state index < -0.39 is 10.0 Å². The molecule has 2 rings (SSSR count). The van der Waals surface area contributed by atoms with E-state index in [9.17, 15) is 13.2 Å². The van der Waals surface area contributed by atoms with Gasteiger partial charge in [-0.15, -0.1) is 0 Å². The molecule has 0 bridgehead atoms. The number of hydrogen-bond donors (Lipinski definition) is 2. The number of hydrogen-bond acceptors (Lipinski definition) is 3. The Morgan fingerprint density at radius 1 is 1.04 bits per heavy atom. The Bertz CT molecular complexity index is 828. The second-order valence-electron chi connectivity index (χ2n) is 6.12. The summed E-state index contributed by atoms with van der Waals surface area (Å²) < 4.78 is 26.6. The van der Waals surface area contributed by atoms with Gasteiger partial charge >= 0.3 is 0 Å². The maximum absolute atomic E-state index is 12.4.